The first-order chi connectivity index (χ1) is 12.8. The van der Waals surface area contributed by atoms with E-state index >= 15 is 0 Å². The maximum Gasteiger partial charge on any atom is 0.308 e. The maximum atomic E-state index is 11.1. The van der Waals surface area contributed by atoms with Crippen LogP contribution < -0.4 is 0 Å². The van der Waals surface area contributed by atoms with E-state index in [0.717, 1.165) is 0 Å². The molecule has 0 N–H and O–H groups in total. The molecule has 0 heterocycles. The van der Waals surface area contributed by atoms with Crippen LogP contribution in [0.25, 0.3) is 0 Å². The van der Waals surface area contributed by atoms with Gasteiger partial charge in [0.25, 0.3) is 0 Å². The minimum absolute atomic E-state index is 0.242. The second-order valence-corrected chi connectivity index (χ2v) is 4.98. The smallest absolute Gasteiger partial charge is 0.308 e. The topological polar surface area (TPSA) is 81.7 Å². The number of ether oxygens (including phenoxy) is 7. The van der Waals surface area contributed by atoms with Crippen LogP contribution in [0.2, 0.25) is 0 Å². The molecular weight excluding hydrogens is 344 g/mol. The van der Waals surface area contributed by atoms with Gasteiger partial charge in [-0.15, -0.1) is 6.58 Å². The van der Waals surface area contributed by atoms with Crippen LogP contribution in [-0.4, -0.2) is 91.9 Å². The Balaban J connectivity index is 3.03. The van der Waals surface area contributed by atoms with Crippen molar-refractivity contribution < 1.29 is 38.0 Å². The third-order valence-corrected chi connectivity index (χ3v) is 2.85. The number of rotatable bonds is 21. The zero-order valence-corrected chi connectivity index (χ0v) is 15.9. The van der Waals surface area contributed by atoms with Gasteiger partial charge in [-0.2, -0.15) is 0 Å². The first-order valence-corrected chi connectivity index (χ1v) is 9.04. The molecule has 0 rings (SSSR count). The highest BCUT2D eigenvalue weighted by Crippen LogP contribution is 1.89. The molecule has 8 heteroatoms. The zero-order chi connectivity index (χ0) is 19.1. The van der Waals surface area contributed by atoms with Crippen molar-refractivity contribution >= 4 is 5.97 Å². The largest absolute Gasteiger partial charge is 0.466 e. The van der Waals surface area contributed by atoms with Crippen LogP contribution in [0.1, 0.15) is 13.3 Å². The third-order valence-electron chi connectivity index (χ3n) is 2.85. The molecular formula is C18H34O8. The summed E-state index contributed by atoms with van der Waals surface area (Å²) >= 11 is 0. The van der Waals surface area contributed by atoms with E-state index in [1.807, 2.05) is 0 Å². The van der Waals surface area contributed by atoms with Crippen molar-refractivity contribution in [1.82, 2.24) is 0 Å². The van der Waals surface area contributed by atoms with E-state index < -0.39 is 0 Å². The van der Waals surface area contributed by atoms with Crippen LogP contribution in [0.5, 0.6) is 0 Å². The summed E-state index contributed by atoms with van der Waals surface area (Å²) in [6, 6.07) is 0. The fraction of sp³-hybridized carbons (Fsp3) is 0.833. The Labute approximate surface area is 156 Å². The highest BCUT2D eigenvalue weighted by atomic mass is 16.6. The summed E-state index contributed by atoms with van der Waals surface area (Å²) in [5.41, 5.74) is 0. The molecule has 0 atom stereocenters. The molecule has 0 radical (unpaired) electrons. The van der Waals surface area contributed by atoms with E-state index in [4.69, 9.17) is 33.2 Å². The average molecular weight is 378 g/mol. The summed E-state index contributed by atoms with van der Waals surface area (Å²) in [5, 5.41) is 0. The van der Waals surface area contributed by atoms with Crippen LogP contribution in [-0.2, 0) is 38.0 Å². The second-order valence-electron chi connectivity index (χ2n) is 4.98. The van der Waals surface area contributed by atoms with Gasteiger partial charge in [0, 0.05) is 0 Å². The fourth-order valence-corrected chi connectivity index (χ4v) is 1.65. The van der Waals surface area contributed by atoms with Crippen molar-refractivity contribution in [2.75, 3.05) is 85.9 Å². The van der Waals surface area contributed by atoms with Gasteiger partial charge in [0.05, 0.1) is 92.3 Å². The van der Waals surface area contributed by atoms with Crippen molar-refractivity contribution in [3.05, 3.63) is 12.7 Å². The predicted molar refractivity (Wildman–Crippen MR) is 96.4 cm³/mol. The van der Waals surface area contributed by atoms with E-state index in [-0.39, 0.29) is 12.4 Å². The van der Waals surface area contributed by atoms with Crippen molar-refractivity contribution in [3.63, 3.8) is 0 Å². The Morgan fingerprint density at radius 1 is 0.692 bits per heavy atom. The van der Waals surface area contributed by atoms with Crippen molar-refractivity contribution in [1.29, 1.82) is 0 Å². The molecule has 0 aliphatic heterocycles. The Morgan fingerprint density at radius 3 is 1.46 bits per heavy atom. The molecule has 0 unspecified atom stereocenters. The maximum absolute atomic E-state index is 11.1. The highest BCUT2D eigenvalue weighted by Gasteiger charge is 2.00. The highest BCUT2D eigenvalue weighted by molar-refractivity contribution is 5.69. The average Bonchev–Trinajstić information content (AvgIpc) is 2.64. The molecule has 0 amide bonds. The lowest BCUT2D eigenvalue weighted by Crippen LogP contribution is -2.14. The van der Waals surface area contributed by atoms with Crippen molar-refractivity contribution in [3.8, 4) is 0 Å². The van der Waals surface area contributed by atoms with Gasteiger partial charge in [-0.1, -0.05) is 6.08 Å². The van der Waals surface area contributed by atoms with Crippen LogP contribution in [0.4, 0.5) is 0 Å². The summed E-state index contributed by atoms with van der Waals surface area (Å²) in [6.45, 7) is 11.8. The SMILES string of the molecule is C=CCOCCOCCOCCOCCOCCOCCC(=O)OCC. The zero-order valence-electron chi connectivity index (χ0n) is 15.9. The summed E-state index contributed by atoms with van der Waals surface area (Å²) in [6.07, 6.45) is 1.97. The van der Waals surface area contributed by atoms with Gasteiger partial charge in [-0.3, -0.25) is 4.79 Å². The Morgan fingerprint density at radius 2 is 1.08 bits per heavy atom. The van der Waals surface area contributed by atoms with Crippen LogP contribution in [0.3, 0.4) is 0 Å². The molecule has 26 heavy (non-hydrogen) atoms. The number of carbonyl (C=O) groups excluding carboxylic acids is 1. The fourth-order valence-electron chi connectivity index (χ4n) is 1.65. The van der Waals surface area contributed by atoms with Crippen LogP contribution >= 0.6 is 0 Å². The molecule has 154 valence electrons. The lowest BCUT2D eigenvalue weighted by Gasteiger charge is -2.08. The van der Waals surface area contributed by atoms with Gasteiger partial charge in [0.15, 0.2) is 0 Å². The minimum atomic E-state index is -0.242. The lowest BCUT2D eigenvalue weighted by atomic mass is 10.5. The summed E-state index contributed by atoms with van der Waals surface area (Å²) in [5.74, 6) is -0.242. The molecule has 0 aromatic carbocycles. The molecule has 0 saturated carbocycles. The number of hydrogen-bond acceptors (Lipinski definition) is 8. The number of hydrogen-bond donors (Lipinski definition) is 0. The van der Waals surface area contributed by atoms with E-state index in [1.165, 1.54) is 0 Å². The van der Waals surface area contributed by atoms with Gasteiger partial charge in [-0.25, -0.2) is 0 Å². The van der Waals surface area contributed by atoms with Crippen LogP contribution in [0.15, 0.2) is 12.7 Å². The second kappa shape index (κ2) is 22.0. The molecule has 8 nitrogen and oxygen atoms in total. The summed E-state index contributed by atoms with van der Waals surface area (Å²) < 4.78 is 36.6. The molecule has 0 aliphatic rings. The van der Waals surface area contributed by atoms with E-state index in [0.29, 0.717) is 85.9 Å². The standard InChI is InChI=1S/C18H34O8/c1-3-6-20-8-10-22-12-14-24-16-17-25-15-13-23-11-9-21-7-5-18(19)26-4-2/h3H,1,4-17H2,2H3. The summed E-state index contributed by atoms with van der Waals surface area (Å²) in [7, 11) is 0. The van der Waals surface area contributed by atoms with E-state index in [9.17, 15) is 4.79 Å². The van der Waals surface area contributed by atoms with Crippen LogP contribution in [0, 0.1) is 0 Å². The third kappa shape index (κ3) is 21.0. The Hall–Kier alpha value is -1.03. The van der Waals surface area contributed by atoms with Crippen molar-refractivity contribution in [2.24, 2.45) is 0 Å². The Bertz CT molecular complexity index is 312. The van der Waals surface area contributed by atoms with Crippen molar-refractivity contribution in [2.45, 2.75) is 13.3 Å². The number of esters is 1. The predicted octanol–water partition coefficient (Wildman–Crippen LogP) is 1.23. The number of carbonyl (C=O) groups is 1. The molecule has 0 fully saturated rings. The molecule has 0 aromatic heterocycles. The minimum Gasteiger partial charge on any atom is -0.466 e. The van der Waals surface area contributed by atoms with E-state index in [1.54, 1.807) is 13.0 Å². The van der Waals surface area contributed by atoms with Gasteiger partial charge < -0.3 is 33.2 Å². The van der Waals surface area contributed by atoms with Gasteiger partial charge >= 0.3 is 5.97 Å². The van der Waals surface area contributed by atoms with Gasteiger partial charge in [0.2, 0.25) is 0 Å². The normalized spacial score (nSPS) is 10.8. The van der Waals surface area contributed by atoms with Gasteiger partial charge in [0.1, 0.15) is 0 Å². The Kier molecular flexibility index (Phi) is 21.1. The molecule has 0 spiro atoms. The lowest BCUT2D eigenvalue weighted by molar-refractivity contribution is -0.144. The van der Waals surface area contributed by atoms with Gasteiger partial charge in [-0.05, 0) is 6.92 Å². The first kappa shape index (κ1) is 25.0. The molecule has 0 aliphatic carbocycles. The molecule has 0 saturated heterocycles. The monoisotopic (exact) mass is 378 g/mol. The molecule has 0 bridgehead atoms. The molecule has 0 aromatic rings. The summed E-state index contributed by atoms with van der Waals surface area (Å²) in [4.78, 5) is 11.1. The quantitative estimate of drug-likeness (QED) is 0.168. The first-order valence-electron chi connectivity index (χ1n) is 9.04. The van der Waals surface area contributed by atoms with E-state index in [2.05, 4.69) is 6.58 Å².